The van der Waals surface area contributed by atoms with Crippen LogP contribution in [0.5, 0.6) is 0 Å². The lowest BCUT2D eigenvalue weighted by atomic mass is 10.2. The van der Waals surface area contributed by atoms with Crippen molar-refractivity contribution in [2.45, 2.75) is 25.1 Å². The molecule has 0 bridgehead atoms. The van der Waals surface area contributed by atoms with Crippen LogP contribution in [0.15, 0.2) is 24.4 Å². The predicted octanol–water partition coefficient (Wildman–Crippen LogP) is 3.82. The molecule has 12 heteroatoms. The van der Waals surface area contributed by atoms with Gasteiger partial charge in [0.1, 0.15) is 11.6 Å². The summed E-state index contributed by atoms with van der Waals surface area (Å²) in [7, 11) is 0. The van der Waals surface area contributed by atoms with E-state index in [1.807, 2.05) is 0 Å². The Labute approximate surface area is 170 Å². The molecule has 29 heavy (non-hydrogen) atoms. The molecule has 1 atom stereocenters. The van der Waals surface area contributed by atoms with Crippen LogP contribution in [0, 0.1) is 0 Å². The molecule has 0 unspecified atom stereocenters. The van der Waals surface area contributed by atoms with Crippen molar-refractivity contribution in [3.63, 3.8) is 0 Å². The van der Waals surface area contributed by atoms with Crippen LogP contribution < -0.4 is 0 Å². The number of nitrogens with zero attached hydrogens (tertiary/aromatic N) is 4. The topological polar surface area (TPSA) is 87.8 Å². The first-order chi connectivity index (χ1) is 13.7. The SMILES string of the molecule is O=C(O)[C@H]1CCCN1C(=O)c1cnn2c(C(F)(F)F)cc(-c3ccc(Cl)s3)nc12. The zero-order valence-corrected chi connectivity index (χ0v) is 16.1. The minimum Gasteiger partial charge on any atom is -0.480 e. The molecular weight excluding hydrogens is 433 g/mol. The average Bonchev–Trinajstić information content (AvgIpc) is 3.38. The Bertz CT molecular complexity index is 1130. The normalized spacial score (nSPS) is 17.2. The zero-order chi connectivity index (χ0) is 20.9. The van der Waals surface area contributed by atoms with Crippen LogP contribution in [0.1, 0.15) is 28.9 Å². The molecule has 0 aliphatic carbocycles. The predicted molar refractivity (Wildman–Crippen MR) is 98.0 cm³/mol. The highest BCUT2D eigenvalue weighted by molar-refractivity contribution is 7.19. The molecule has 1 N–H and O–H groups in total. The fraction of sp³-hybridized carbons (Fsp3) is 0.294. The quantitative estimate of drug-likeness (QED) is 0.663. The second kappa shape index (κ2) is 6.99. The summed E-state index contributed by atoms with van der Waals surface area (Å²) in [4.78, 5) is 30.0. The number of likely N-dealkylation sites (tertiary alicyclic amines) is 1. The molecule has 0 saturated carbocycles. The molecule has 1 fully saturated rings. The highest BCUT2D eigenvalue weighted by Gasteiger charge is 2.38. The molecule has 1 saturated heterocycles. The first-order valence-corrected chi connectivity index (χ1v) is 9.61. The molecule has 0 spiro atoms. The van der Waals surface area contributed by atoms with Gasteiger partial charge in [0.05, 0.1) is 21.1 Å². The lowest BCUT2D eigenvalue weighted by molar-refractivity contribution is -0.143. The van der Waals surface area contributed by atoms with Crippen molar-refractivity contribution in [1.82, 2.24) is 19.5 Å². The van der Waals surface area contributed by atoms with Crippen molar-refractivity contribution >= 4 is 40.5 Å². The monoisotopic (exact) mass is 444 g/mol. The molecule has 1 amide bonds. The number of thiophene rings is 1. The second-order valence-electron chi connectivity index (χ2n) is 6.42. The van der Waals surface area contributed by atoms with Crippen LogP contribution in [0.3, 0.4) is 0 Å². The Morgan fingerprint density at radius 2 is 2.07 bits per heavy atom. The van der Waals surface area contributed by atoms with Crippen molar-refractivity contribution < 1.29 is 27.9 Å². The van der Waals surface area contributed by atoms with Crippen LogP contribution in [0.2, 0.25) is 4.34 Å². The van der Waals surface area contributed by atoms with Gasteiger partial charge in [-0.15, -0.1) is 11.3 Å². The number of rotatable bonds is 3. The Morgan fingerprint density at radius 3 is 2.69 bits per heavy atom. The number of carboxylic acid groups (broad SMARTS) is 1. The van der Waals surface area contributed by atoms with Gasteiger partial charge >= 0.3 is 12.1 Å². The maximum atomic E-state index is 13.6. The van der Waals surface area contributed by atoms with E-state index in [1.165, 1.54) is 12.1 Å². The van der Waals surface area contributed by atoms with E-state index in [4.69, 9.17) is 11.6 Å². The smallest absolute Gasteiger partial charge is 0.433 e. The minimum atomic E-state index is -4.75. The molecule has 4 rings (SSSR count). The van der Waals surface area contributed by atoms with E-state index in [0.29, 0.717) is 20.1 Å². The molecule has 1 aliphatic heterocycles. The number of carboxylic acids is 1. The lowest BCUT2D eigenvalue weighted by Crippen LogP contribution is -2.40. The highest BCUT2D eigenvalue weighted by Crippen LogP contribution is 2.36. The van der Waals surface area contributed by atoms with Crippen molar-refractivity contribution in [1.29, 1.82) is 0 Å². The summed E-state index contributed by atoms with van der Waals surface area (Å²) < 4.78 is 41.8. The second-order valence-corrected chi connectivity index (χ2v) is 8.13. The number of hydrogen-bond acceptors (Lipinski definition) is 5. The van der Waals surface area contributed by atoms with Gasteiger partial charge in [-0.2, -0.15) is 18.3 Å². The van der Waals surface area contributed by atoms with Gasteiger partial charge in [0, 0.05) is 6.54 Å². The number of carbonyl (C=O) groups is 2. The fourth-order valence-electron chi connectivity index (χ4n) is 3.32. The van der Waals surface area contributed by atoms with E-state index in [1.54, 1.807) is 0 Å². The van der Waals surface area contributed by atoms with E-state index >= 15 is 0 Å². The van der Waals surface area contributed by atoms with E-state index in [2.05, 4.69) is 10.1 Å². The van der Waals surface area contributed by atoms with Gasteiger partial charge in [0.15, 0.2) is 11.3 Å². The zero-order valence-electron chi connectivity index (χ0n) is 14.5. The number of aliphatic carboxylic acids is 1. The number of alkyl halides is 3. The van der Waals surface area contributed by atoms with Crippen molar-refractivity contribution in [2.24, 2.45) is 0 Å². The third kappa shape index (κ3) is 3.44. The molecule has 3 aromatic rings. The largest absolute Gasteiger partial charge is 0.480 e. The summed E-state index contributed by atoms with van der Waals surface area (Å²) in [5.74, 6) is -1.88. The van der Waals surface area contributed by atoms with Gasteiger partial charge in [0.2, 0.25) is 0 Å². The van der Waals surface area contributed by atoms with Gasteiger partial charge < -0.3 is 10.0 Å². The number of fused-ring (bicyclic) bond motifs is 1. The van der Waals surface area contributed by atoms with Crippen LogP contribution >= 0.6 is 22.9 Å². The maximum Gasteiger partial charge on any atom is 0.433 e. The Hall–Kier alpha value is -2.66. The fourth-order valence-corrected chi connectivity index (χ4v) is 4.32. The van der Waals surface area contributed by atoms with Crippen molar-refractivity contribution in [3.05, 3.63) is 40.0 Å². The number of amides is 1. The van der Waals surface area contributed by atoms with E-state index in [9.17, 15) is 27.9 Å². The molecule has 7 nitrogen and oxygen atoms in total. The van der Waals surface area contributed by atoms with Gasteiger partial charge in [-0.3, -0.25) is 4.79 Å². The molecule has 0 radical (unpaired) electrons. The number of hydrogen-bond donors (Lipinski definition) is 1. The minimum absolute atomic E-state index is 0.00696. The lowest BCUT2D eigenvalue weighted by Gasteiger charge is -2.20. The maximum absolute atomic E-state index is 13.6. The van der Waals surface area contributed by atoms with Gasteiger partial charge in [-0.05, 0) is 31.0 Å². The Kier molecular flexibility index (Phi) is 4.74. The van der Waals surface area contributed by atoms with Gasteiger partial charge in [-0.25, -0.2) is 14.3 Å². The third-order valence-corrected chi connectivity index (χ3v) is 5.87. The molecule has 0 aromatic carbocycles. The third-order valence-electron chi connectivity index (χ3n) is 4.62. The van der Waals surface area contributed by atoms with Crippen LogP contribution in [-0.4, -0.2) is 49.1 Å². The van der Waals surface area contributed by atoms with Crippen LogP contribution in [-0.2, 0) is 11.0 Å². The summed E-state index contributed by atoms with van der Waals surface area (Å²) in [5, 5.41) is 13.0. The summed E-state index contributed by atoms with van der Waals surface area (Å²) in [6, 6.07) is 2.88. The van der Waals surface area contributed by atoms with Crippen LogP contribution in [0.4, 0.5) is 13.2 Å². The van der Waals surface area contributed by atoms with Gasteiger partial charge in [0.25, 0.3) is 5.91 Å². The standard InChI is InChI=1S/C17H12ClF3N4O3S/c18-13-4-3-11(29-13)9-6-12(17(19,20)21)25-14(23-9)8(7-22-25)15(26)24-5-1-2-10(24)16(27)28/h3-4,6-7,10H,1-2,5H2,(H,27,28)/t10-/m1/s1. The first-order valence-electron chi connectivity index (χ1n) is 8.42. The Balaban J connectivity index is 1.88. The molecule has 4 heterocycles. The molecule has 152 valence electrons. The molecule has 1 aliphatic rings. The highest BCUT2D eigenvalue weighted by atomic mass is 35.5. The summed E-state index contributed by atoms with van der Waals surface area (Å²) >= 11 is 6.93. The van der Waals surface area contributed by atoms with Crippen molar-refractivity contribution in [3.8, 4) is 10.6 Å². The Morgan fingerprint density at radius 1 is 1.31 bits per heavy atom. The van der Waals surface area contributed by atoms with Gasteiger partial charge in [-0.1, -0.05) is 11.6 Å². The summed E-state index contributed by atoms with van der Waals surface area (Å²) in [6.07, 6.45) is -2.99. The molecule has 3 aromatic heterocycles. The average molecular weight is 445 g/mol. The van der Waals surface area contributed by atoms with Crippen molar-refractivity contribution in [2.75, 3.05) is 6.54 Å². The number of aromatic nitrogens is 3. The molecular formula is C17H12ClF3N4O3S. The first kappa shape index (κ1) is 19.6. The van der Waals surface area contributed by atoms with E-state index in [-0.39, 0.29) is 29.9 Å². The number of halogens is 4. The number of carbonyl (C=O) groups excluding carboxylic acids is 1. The van der Waals surface area contributed by atoms with Crippen LogP contribution in [0.25, 0.3) is 16.2 Å². The summed E-state index contributed by atoms with van der Waals surface area (Å²) in [5.41, 5.74) is -1.58. The summed E-state index contributed by atoms with van der Waals surface area (Å²) in [6.45, 7) is 0.194. The van der Waals surface area contributed by atoms with E-state index in [0.717, 1.165) is 28.5 Å². The van der Waals surface area contributed by atoms with E-state index < -0.39 is 29.8 Å².